The molecule has 0 aliphatic rings. The number of carbonyl (C=O) groups excluding carboxylic acids is 2. The third kappa shape index (κ3) is 26.5. The number of hydrogen-bond donors (Lipinski definition) is 0. The number of methoxy groups -OCH3 is 1. The van der Waals surface area contributed by atoms with E-state index in [0.717, 1.165) is 6.42 Å². The molecule has 0 unspecified atom stereocenters. The normalized spacial score (nSPS) is 9.28. The number of Topliss-reactive ketones (excluding diaryl/α,β-unsaturated/α-hetero) is 2. The SMILES string of the molecule is C=C/C=C(\CC=CCCCC)c1ccccc1.CC.CC.CC.CC(C)=O.COc1ccc(Cl)cc1C(C)=O. The Hall–Kier alpha value is -2.91. The Morgan fingerprint density at radius 3 is 1.87 bits per heavy atom. The van der Waals surface area contributed by atoms with Crippen molar-refractivity contribution in [2.45, 2.75) is 94.9 Å². The van der Waals surface area contributed by atoms with Crippen molar-refractivity contribution in [1.29, 1.82) is 0 Å². The summed E-state index contributed by atoms with van der Waals surface area (Å²) in [5.41, 5.74) is 3.13. The molecule has 3 nitrogen and oxygen atoms in total. The first-order valence-electron chi connectivity index (χ1n) is 14.1. The lowest BCUT2D eigenvalue weighted by Gasteiger charge is -2.04. The van der Waals surface area contributed by atoms with Gasteiger partial charge in [0.15, 0.2) is 5.78 Å². The summed E-state index contributed by atoms with van der Waals surface area (Å²) < 4.78 is 4.98. The van der Waals surface area contributed by atoms with E-state index >= 15 is 0 Å². The smallest absolute Gasteiger partial charge is 0.163 e. The molecule has 0 spiro atoms. The maximum absolute atomic E-state index is 11.0. The quantitative estimate of drug-likeness (QED) is 0.133. The standard InChI is InChI=1S/C17H22.C9H9ClO2.C3H6O.3C2H6/c1-3-5-6-7-9-13-16(12-4-2)17-14-10-8-11-15-17;1-6(11)8-5-7(10)3-4-9(8)12-2;1-3(2)4;3*1-2/h4,7-12,14-15H,2-3,5-6,13H2,1H3;3-5H,1-2H3;1-2H3;3*1-2H3/b9-7?,16-12+;;;;;. The van der Waals surface area contributed by atoms with Gasteiger partial charge < -0.3 is 9.53 Å². The summed E-state index contributed by atoms with van der Waals surface area (Å²) in [6.07, 6.45) is 13.2. The van der Waals surface area contributed by atoms with Crippen molar-refractivity contribution in [2.24, 2.45) is 0 Å². The largest absolute Gasteiger partial charge is 0.496 e. The summed E-state index contributed by atoms with van der Waals surface area (Å²) in [5.74, 6) is 0.682. The molecule has 0 amide bonds. The molecule has 4 heteroatoms. The Morgan fingerprint density at radius 2 is 1.44 bits per heavy atom. The molecule has 220 valence electrons. The first kappa shape index (κ1) is 43.2. The highest BCUT2D eigenvalue weighted by Gasteiger charge is 2.07. The highest BCUT2D eigenvalue weighted by atomic mass is 35.5. The molecule has 0 aliphatic heterocycles. The fourth-order valence-corrected chi connectivity index (χ4v) is 2.85. The van der Waals surface area contributed by atoms with Gasteiger partial charge in [0.2, 0.25) is 0 Å². The fraction of sp³-hybridized carbons (Fsp3) is 0.429. The van der Waals surface area contributed by atoms with Crippen molar-refractivity contribution in [3.05, 3.63) is 95.6 Å². The van der Waals surface area contributed by atoms with Gasteiger partial charge in [-0.05, 0) is 62.9 Å². The molecular formula is C35H55ClO3. The number of benzene rings is 2. The summed E-state index contributed by atoms with van der Waals surface area (Å²) in [7, 11) is 1.52. The third-order valence-electron chi connectivity index (χ3n) is 4.23. The van der Waals surface area contributed by atoms with E-state index in [2.05, 4.69) is 56.0 Å². The Labute approximate surface area is 246 Å². The Balaban J connectivity index is -0.000000242. The first-order valence-corrected chi connectivity index (χ1v) is 14.5. The van der Waals surface area contributed by atoms with Crippen LogP contribution in [-0.2, 0) is 4.79 Å². The van der Waals surface area contributed by atoms with Crippen LogP contribution in [0.2, 0.25) is 5.02 Å². The number of halogens is 1. The molecular weight excluding hydrogens is 504 g/mol. The minimum absolute atomic E-state index is 0.0469. The highest BCUT2D eigenvalue weighted by Crippen LogP contribution is 2.22. The predicted molar refractivity (Wildman–Crippen MR) is 176 cm³/mol. The van der Waals surface area contributed by atoms with E-state index in [9.17, 15) is 9.59 Å². The van der Waals surface area contributed by atoms with Crippen LogP contribution >= 0.6 is 11.6 Å². The number of allylic oxidation sites excluding steroid dienone is 5. The molecule has 2 aromatic rings. The van der Waals surface area contributed by atoms with E-state index in [0.29, 0.717) is 16.3 Å². The Bertz CT molecular complexity index is 909. The molecule has 0 N–H and O–H groups in total. The molecule has 0 atom stereocenters. The molecule has 0 saturated carbocycles. The molecule has 0 aromatic heterocycles. The van der Waals surface area contributed by atoms with Crippen molar-refractivity contribution in [2.75, 3.05) is 7.11 Å². The molecule has 0 radical (unpaired) electrons. The lowest BCUT2D eigenvalue weighted by atomic mass is 10.0. The van der Waals surface area contributed by atoms with Crippen LogP contribution in [0.4, 0.5) is 0 Å². The van der Waals surface area contributed by atoms with Crippen LogP contribution in [0.25, 0.3) is 5.57 Å². The molecule has 0 bridgehead atoms. The van der Waals surface area contributed by atoms with Gasteiger partial charge in [-0.3, -0.25) is 4.79 Å². The second-order valence-corrected chi connectivity index (χ2v) is 7.86. The second-order valence-electron chi connectivity index (χ2n) is 7.42. The minimum Gasteiger partial charge on any atom is -0.496 e. The number of ether oxygens (including phenoxy) is 1. The van der Waals surface area contributed by atoms with Crippen molar-refractivity contribution >= 4 is 28.7 Å². The molecule has 0 aliphatic carbocycles. The monoisotopic (exact) mass is 558 g/mol. The van der Waals surface area contributed by atoms with Gasteiger partial charge in [-0.15, -0.1) is 0 Å². The van der Waals surface area contributed by atoms with E-state index in [1.165, 1.54) is 58.3 Å². The average Bonchev–Trinajstić information content (AvgIpc) is 2.96. The van der Waals surface area contributed by atoms with Crippen LogP contribution in [0.1, 0.15) is 111 Å². The molecule has 0 saturated heterocycles. The summed E-state index contributed by atoms with van der Waals surface area (Å²) in [4.78, 5) is 20.5. The van der Waals surface area contributed by atoms with Gasteiger partial charge in [-0.1, -0.05) is 134 Å². The molecule has 0 fully saturated rings. The van der Waals surface area contributed by atoms with Gasteiger partial charge in [-0.25, -0.2) is 0 Å². The summed E-state index contributed by atoms with van der Waals surface area (Å²) in [6, 6.07) is 15.5. The van der Waals surface area contributed by atoms with Crippen molar-refractivity contribution in [1.82, 2.24) is 0 Å². The van der Waals surface area contributed by atoms with Gasteiger partial charge >= 0.3 is 0 Å². The number of rotatable bonds is 9. The zero-order valence-electron chi connectivity index (χ0n) is 26.6. The van der Waals surface area contributed by atoms with Gasteiger partial charge in [0.05, 0.1) is 12.7 Å². The molecule has 0 heterocycles. The van der Waals surface area contributed by atoms with Gasteiger partial charge in [-0.2, -0.15) is 0 Å². The second kappa shape index (κ2) is 33.1. The summed E-state index contributed by atoms with van der Waals surface area (Å²) in [6.45, 7) is 22.5. The Kier molecular flexibility index (Phi) is 36.6. The number of carbonyl (C=O) groups is 2. The van der Waals surface area contributed by atoms with Crippen molar-refractivity contribution < 1.29 is 14.3 Å². The number of unbranched alkanes of at least 4 members (excludes halogenated alkanes) is 2. The minimum atomic E-state index is -0.0469. The maximum atomic E-state index is 11.0. The molecule has 2 rings (SSSR count). The van der Waals surface area contributed by atoms with E-state index in [4.69, 9.17) is 16.3 Å². The van der Waals surface area contributed by atoms with Gasteiger partial charge in [0.1, 0.15) is 11.5 Å². The van der Waals surface area contributed by atoms with E-state index in [-0.39, 0.29) is 11.6 Å². The van der Waals surface area contributed by atoms with E-state index in [1.807, 2.05) is 53.7 Å². The predicted octanol–water partition coefficient (Wildman–Crippen LogP) is 11.6. The van der Waals surface area contributed by atoms with E-state index in [1.54, 1.807) is 18.2 Å². The first-order chi connectivity index (χ1) is 18.8. The van der Waals surface area contributed by atoms with Crippen LogP contribution in [0.5, 0.6) is 5.75 Å². The number of hydrogen-bond acceptors (Lipinski definition) is 3. The van der Waals surface area contributed by atoms with Crippen LogP contribution < -0.4 is 4.74 Å². The molecule has 39 heavy (non-hydrogen) atoms. The lowest BCUT2D eigenvalue weighted by Crippen LogP contribution is -1.96. The van der Waals surface area contributed by atoms with E-state index < -0.39 is 0 Å². The van der Waals surface area contributed by atoms with Crippen LogP contribution in [0.3, 0.4) is 0 Å². The van der Waals surface area contributed by atoms with Crippen LogP contribution in [-0.4, -0.2) is 18.7 Å². The Morgan fingerprint density at radius 1 is 0.897 bits per heavy atom. The van der Waals surface area contributed by atoms with Gasteiger partial charge in [0, 0.05) is 5.02 Å². The summed E-state index contributed by atoms with van der Waals surface area (Å²) in [5, 5.41) is 0.543. The molecule has 2 aromatic carbocycles. The maximum Gasteiger partial charge on any atom is 0.163 e. The summed E-state index contributed by atoms with van der Waals surface area (Å²) >= 11 is 5.71. The lowest BCUT2D eigenvalue weighted by molar-refractivity contribution is -0.115. The van der Waals surface area contributed by atoms with Gasteiger partial charge in [0.25, 0.3) is 0 Å². The highest BCUT2D eigenvalue weighted by molar-refractivity contribution is 6.31. The third-order valence-corrected chi connectivity index (χ3v) is 4.47. The van der Waals surface area contributed by atoms with Crippen LogP contribution in [0.15, 0.2) is 79.4 Å². The van der Waals surface area contributed by atoms with Crippen molar-refractivity contribution in [3.63, 3.8) is 0 Å². The fourth-order valence-electron chi connectivity index (χ4n) is 2.68. The number of ketones is 2. The zero-order chi connectivity index (χ0) is 31.1. The topological polar surface area (TPSA) is 43.4 Å². The van der Waals surface area contributed by atoms with Crippen LogP contribution in [0, 0.1) is 0 Å². The van der Waals surface area contributed by atoms with Crippen molar-refractivity contribution in [3.8, 4) is 5.75 Å². The zero-order valence-corrected chi connectivity index (χ0v) is 27.3. The average molecular weight is 559 g/mol.